The van der Waals surface area contributed by atoms with E-state index in [-0.39, 0.29) is 32.1 Å². The first-order valence-corrected chi connectivity index (χ1v) is 24.6. The topological polar surface area (TPSA) is 131 Å². The van der Waals surface area contributed by atoms with Gasteiger partial charge < -0.3 is 20.1 Å². The van der Waals surface area contributed by atoms with E-state index in [1.807, 2.05) is 0 Å². The van der Waals surface area contributed by atoms with Crippen molar-refractivity contribution >= 4 is 19.7 Å². The van der Waals surface area contributed by atoms with Crippen LogP contribution in [0, 0.1) is 0 Å². The molecule has 0 fully saturated rings. The zero-order valence-corrected chi connectivity index (χ0v) is 37.4. The Morgan fingerprint density at radius 2 is 1.00 bits per heavy atom. The fraction of sp³-hybridized carbons (Fsp3) is 0.787. The van der Waals surface area contributed by atoms with Gasteiger partial charge >= 0.3 is 13.8 Å². The third-order valence-electron chi connectivity index (χ3n) is 9.74. The van der Waals surface area contributed by atoms with Crippen LogP contribution in [0.5, 0.6) is 0 Å². The number of hydrogen-bond acceptors (Lipinski definition) is 7. The number of phosphoric acid groups is 1. The van der Waals surface area contributed by atoms with Gasteiger partial charge in [0.25, 0.3) is 0 Å². The third kappa shape index (κ3) is 44.9. The minimum Gasteiger partial charge on any atom is -0.463 e. The molecule has 0 aromatic carbocycles. The van der Waals surface area contributed by atoms with Crippen LogP contribution >= 0.6 is 7.82 Å². The molecule has 0 saturated heterocycles. The summed E-state index contributed by atoms with van der Waals surface area (Å²) in [5, 5.41) is 12.7. The zero-order valence-electron chi connectivity index (χ0n) is 36.5. The number of aliphatic hydroxyl groups excluding tert-OH is 1. The summed E-state index contributed by atoms with van der Waals surface area (Å²) in [6.45, 7) is 3.41. The van der Waals surface area contributed by atoms with Gasteiger partial charge in [0.2, 0.25) is 5.91 Å². The van der Waals surface area contributed by atoms with Crippen molar-refractivity contribution in [1.29, 1.82) is 0 Å². The number of amides is 1. The Labute approximate surface area is 349 Å². The van der Waals surface area contributed by atoms with Crippen molar-refractivity contribution in [1.82, 2.24) is 5.32 Å². The zero-order chi connectivity index (χ0) is 41.8. The normalized spacial score (nSPS) is 13.7. The fourth-order valence-electron chi connectivity index (χ4n) is 6.27. The van der Waals surface area contributed by atoms with Gasteiger partial charge in [-0.1, -0.05) is 172 Å². The second-order valence-electron chi connectivity index (χ2n) is 15.3. The van der Waals surface area contributed by atoms with Gasteiger partial charge in [0, 0.05) is 19.4 Å². The van der Waals surface area contributed by atoms with E-state index in [1.165, 1.54) is 116 Å². The Balaban J connectivity index is 3.57. The van der Waals surface area contributed by atoms with E-state index in [0.717, 1.165) is 64.2 Å². The van der Waals surface area contributed by atoms with Gasteiger partial charge in [-0.2, -0.15) is 0 Å². The highest BCUT2D eigenvalue weighted by Crippen LogP contribution is 2.42. The summed E-state index contributed by atoms with van der Waals surface area (Å²) in [4.78, 5) is 33.9. The standard InChI is InChI=1S/C47H86NO8P/c1-3-5-7-9-11-13-15-17-18-19-20-21-22-23-24-25-26-28-30-32-34-36-38-40-47(51)54-43-45(49)44-56-57(52,53)55-42-41-48-46(50)39-37-35-33-31-29-27-16-14-12-10-8-6-4-2/h6,8,12,14,17-18,27,29,45,49H,3-5,7,9-11,13,15-16,19-26,28,30-44H2,1-2H3,(H,48,50)(H,52,53)/b8-6-,14-12-,18-17+,29-27-. The molecule has 0 aliphatic carbocycles. The highest BCUT2D eigenvalue weighted by molar-refractivity contribution is 7.47. The number of hydrogen-bond donors (Lipinski definition) is 3. The third-order valence-corrected chi connectivity index (χ3v) is 10.7. The summed E-state index contributed by atoms with van der Waals surface area (Å²) in [5.41, 5.74) is 0. The molecule has 0 bridgehead atoms. The van der Waals surface area contributed by atoms with Crippen molar-refractivity contribution in [2.75, 3.05) is 26.4 Å². The highest BCUT2D eigenvalue weighted by atomic mass is 31.2. The van der Waals surface area contributed by atoms with Crippen LogP contribution in [0.2, 0.25) is 0 Å². The molecule has 0 aliphatic rings. The summed E-state index contributed by atoms with van der Waals surface area (Å²) >= 11 is 0. The van der Waals surface area contributed by atoms with E-state index in [1.54, 1.807) is 0 Å². The molecule has 3 N–H and O–H groups in total. The molecule has 10 heteroatoms. The Hall–Kier alpha value is -2.03. The Morgan fingerprint density at radius 1 is 0.561 bits per heavy atom. The molecular formula is C47H86NO8P. The van der Waals surface area contributed by atoms with Crippen LogP contribution in [0.4, 0.5) is 0 Å². The number of nitrogens with one attached hydrogen (secondary N) is 1. The average Bonchev–Trinajstić information content (AvgIpc) is 3.20. The number of carbonyl (C=O) groups excluding carboxylic acids is 2. The summed E-state index contributed by atoms with van der Waals surface area (Å²) in [6.07, 6.45) is 50.6. The van der Waals surface area contributed by atoms with E-state index in [9.17, 15) is 24.2 Å². The molecular weight excluding hydrogens is 737 g/mol. The van der Waals surface area contributed by atoms with Gasteiger partial charge in [0.05, 0.1) is 13.2 Å². The Morgan fingerprint density at radius 3 is 1.54 bits per heavy atom. The molecule has 0 spiro atoms. The van der Waals surface area contributed by atoms with Gasteiger partial charge in [-0.3, -0.25) is 18.6 Å². The predicted octanol–water partition coefficient (Wildman–Crippen LogP) is 13.1. The lowest BCUT2D eigenvalue weighted by Crippen LogP contribution is -2.27. The molecule has 0 rings (SSSR count). The maximum absolute atomic E-state index is 12.1. The molecule has 332 valence electrons. The fourth-order valence-corrected chi connectivity index (χ4v) is 7.03. The predicted molar refractivity (Wildman–Crippen MR) is 238 cm³/mol. The monoisotopic (exact) mass is 824 g/mol. The van der Waals surface area contributed by atoms with E-state index in [4.69, 9.17) is 13.8 Å². The number of unbranched alkanes of at least 4 members (excludes halogenated alkanes) is 22. The second-order valence-corrected chi connectivity index (χ2v) is 16.8. The molecule has 0 aliphatic heterocycles. The van der Waals surface area contributed by atoms with Crippen LogP contribution in [0.15, 0.2) is 48.6 Å². The van der Waals surface area contributed by atoms with Crippen molar-refractivity contribution < 1.29 is 37.9 Å². The summed E-state index contributed by atoms with van der Waals surface area (Å²) in [6, 6.07) is 0. The number of carbonyl (C=O) groups is 2. The lowest BCUT2D eigenvalue weighted by molar-refractivity contribution is -0.147. The van der Waals surface area contributed by atoms with Crippen LogP contribution in [-0.2, 0) is 27.9 Å². The summed E-state index contributed by atoms with van der Waals surface area (Å²) < 4.78 is 26.9. The molecule has 2 atom stereocenters. The van der Waals surface area contributed by atoms with Crippen LogP contribution in [0.3, 0.4) is 0 Å². The van der Waals surface area contributed by atoms with Crippen LogP contribution in [-0.4, -0.2) is 54.3 Å². The van der Waals surface area contributed by atoms with Gasteiger partial charge in [0.15, 0.2) is 0 Å². The van der Waals surface area contributed by atoms with Crippen molar-refractivity contribution in [2.24, 2.45) is 0 Å². The number of esters is 1. The van der Waals surface area contributed by atoms with E-state index >= 15 is 0 Å². The van der Waals surface area contributed by atoms with Gasteiger partial charge in [-0.15, -0.1) is 0 Å². The van der Waals surface area contributed by atoms with Crippen molar-refractivity contribution in [3.63, 3.8) is 0 Å². The number of aliphatic hydroxyl groups is 1. The average molecular weight is 824 g/mol. The molecule has 0 heterocycles. The van der Waals surface area contributed by atoms with E-state index in [0.29, 0.717) is 6.42 Å². The van der Waals surface area contributed by atoms with Crippen LogP contribution in [0.25, 0.3) is 0 Å². The second kappa shape index (κ2) is 43.5. The number of allylic oxidation sites excluding steroid dienone is 8. The quantitative estimate of drug-likeness (QED) is 0.0240. The number of phosphoric ester groups is 1. The molecule has 0 saturated carbocycles. The largest absolute Gasteiger partial charge is 0.472 e. The summed E-state index contributed by atoms with van der Waals surface area (Å²) in [5.74, 6) is -0.545. The molecule has 9 nitrogen and oxygen atoms in total. The lowest BCUT2D eigenvalue weighted by Gasteiger charge is -2.15. The lowest BCUT2D eigenvalue weighted by atomic mass is 10.0. The molecule has 0 aromatic rings. The number of rotatable bonds is 43. The van der Waals surface area contributed by atoms with Crippen LogP contribution < -0.4 is 5.32 Å². The minimum atomic E-state index is -4.42. The molecule has 0 aromatic heterocycles. The SMILES string of the molecule is CC/C=C\C/C=C\C/C=C\CCCCCC(=O)NCCOP(=O)(O)OCC(O)COC(=O)CCCCCCCCCCCCCCC/C=C/CCCCCCCC. The molecule has 57 heavy (non-hydrogen) atoms. The Bertz CT molecular complexity index is 1080. The molecule has 0 radical (unpaired) electrons. The highest BCUT2D eigenvalue weighted by Gasteiger charge is 2.23. The first-order valence-electron chi connectivity index (χ1n) is 23.1. The van der Waals surface area contributed by atoms with E-state index in [2.05, 4.69) is 67.8 Å². The van der Waals surface area contributed by atoms with Gasteiger partial charge in [0.1, 0.15) is 12.7 Å². The van der Waals surface area contributed by atoms with Crippen molar-refractivity contribution in [2.45, 2.75) is 213 Å². The molecule has 2 unspecified atom stereocenters. The first-order chi connectivity index (χ1) is 27.8. The summed E-state index contributed by atoms with van der Waals surface area (Å²) in [7, 11) is -4.42. The smallest absolute Gasteiger partial charge is 0.463 e. The number of ether oxygens (including phenoxy) is 1. The Kier molecular flexibility index (Phi) is 42.0. The van der Waals surface area contributed by atoms with Gasteiger partial charge in [-0.05, 0) is 70.6 Å². The van der Waals surface area contributed by atoms with E-state index < -0.39 is 26.5 Å². The minimum absolute atomic E-state index is 0.0650. The van der Waals surface area contributed by atoms with Crippen molar-refractivity contribution in [3.05, 3.63) is 48.6 Å². The first kappa shape index (κ1) is 55.0. The molecule has 1 amide bonds. The maximum Gasteiger partial charge on any atom is 0.472 e. The van der Waals surface area contributed by atoms with Crippen LogP contribution in [0.1, 0.15) is 206 Å². The van der Waals surface area contributed by atoms with Gasteiger partial charge in [-0.25, -0.2) is 4.57 Å². The van der Waals surface area contributed by atoms with Crippen molar-refractivity contribution in [3.8, 4) is 0 Å². The maximum atomic E-state index is 12.1.